The molecule has 1 N–H and O–H groups in total. The first-order valence-corrected chi connectivity index (χ1v) is 5.16. The molecule has 0 aliphatic carbocycles. The molecule has 0 radical (unpaired) electrons. The van der Waals surface area contributed by atoms with Crippen LogP contribution in [0.25, 0.3) is 11.0 Å². The van der Waals surface area contributed by atoms with Gasteiger partial charge >= 0.3 is 0 Å². The Morgan fingerprint density at radius 1 is 1.31 bits per heavy atom. The average Bonchev–Trinajstić information content (AvgIpc) is 2.48. The maximum Gasteiger partial charge on any atom is 0.137 e. The van der Waals surface area contributed by atoms with E-state index in [0.717, 1.165) is 21.2 Å². The number of aromatic amines is 1. The molecule has 0 aliphatic heterocycles. The molecule has 70 valence electrons. The van der Waals surface area contributed by atoms with Crippen LogP contribution >= 0.6 is 15.9 Å². The number of H-pyrrole nitrogens is 1. The van der Waals surface area contributed by atoms with Gasteiger partial charge in [0.2, 0.25) is 0 Å². The lowest BCUT2D eigenvalue weighted by Crippen LogP contribution is -1.74. The predicted octanol–water partition coefficient (Wildman–Crippen LogP) is 3.66. The first-order valence-electron chi connectivity index (χ1n) is 4.36. The van der Waals surface area contributed by atoms with Gasteiger partial charge in [-0.1, -0.05) is 13.8 Å². The normalized spacial score (nSPS) is 9.54. The van der Waals surface area contributed by atoms with Crippen molar-refractivity contribution >= 4 is 27.0 Å². The summed E-state index contributed by atoms with van der Waals surface area (Å²) in [6, 6.07) is 4.12. The lowest BCUT2D eigenvalue weighted by Gasteiger charge is -1.88. The van der Waals surface area contributed by atoms with Gasteiger partial charge in [-0.2, -0.15) is 0 Å². The fourth-order valence-electron chi connectivity index (χ4n) is 1.13. The number of nitrogens with zero attached hydrogens (tertiary/aromatic N) is 1. The van der Waals surface area contributed by atoms with E-state index in [0.29, 0.717) is 0 Å². The summed E-state index contributed by atoms with van der Waals surface area (Å²) in [5.41, 5.74) is 2.09. The molecular weight excluding hydrogens is 228 g/mol. The Hall–Kier alpha value is -0.830. The summed E-state index contributed by atoms with van der Waals surface area (Å²) in [6.45, 7) is 6.02. The van der Waals surface area contributed by atoms with E-state index in [-0.39, 0.29) is 0 Å². The second kappa shape index (κ2) is 4.42. The number of aromatic nitrogens is 2. The highest BCUT2D eigenvalue weighted by Crippen LogP contribution is 2.17. The van der Waals surface area contributed by atoms with Gasteiger partial charge in [0.05, 0.1) is 0 Å². The maximum atomic E-state index is 4.20. The monoisotopic (exact) mass is 240 g/mol. The van der Waals surface area contributed by atoms with Gasteiger partial charge in [0.1, 0.15) is 5.65 Å². The van der Waals surface area contributed by atoms with Crippen molar-refractivity contribution in [3.05, 3.63) is 28.5 Å². The Bertz CT molecular complexity index is 393. The van der Waals surface area contributed by atoms with Crippen LogP contribution in [0.3, 0.4) is 0 Å². The summed E-state index contributed by atoms with van der Waals surface area (Å²) in [5.74, 6) is 0. The Morgan fingerprint density at radius 3 is 2.69 bits per heavy atom. The first-order chi connectivity index (χ1) is 6.25. The van der Waals surface area contributed by atoms with Gasteiger partial charge in [0, 0.05) is 21.7 Å². The highest BCUT2D eigenvalue weighted by molar-refractivity contribution is 9.10. The third-order valence-electron chi connectivity index (χ3n) is 1.57. The van der Waals surface area contributed by atoms with E-state index in [9.17, 15) is 0 Å². The van der Waals surface area contributed by atoms with E-state index in [1.807, 2.05) is 26.8 Å². The molecule has 0 unspecified atom stereocenters. The van der Waals surface area contributed by atoms with Gasteiger partial charge in [-0.25, -0.2) is 4.98 Å². The molecule has 2 rings (SSSR count). The second-order valence-corrected chi connectivity index (χ2v) is 3.46. The molecule has 2 heterocycles. The molecule has 2 aromatic heterocycles. The van der Waals surface area contributed by atoms with E-state index < -0.39 is 0 Å². The number of halogens is 1. The fourth-order valence-corrected chi connectivity index (χ4v) is 1.47. The fraction of sp³-hybridized carbons (Fsp3) is 0.300. The standard InChI is InChI=1S/C8H7BrN2.C2H6/c1-5-2-6-3-7(9)4-10-8(6)11-5;1-2/h2-4H,1H3,(H,10,11);1-2H3. The van der Waals surface area contributed by atoms with Crippen LogP contribution in [0, 0.1) is 6.92 Å². The number of nitrogens with one attached hydrogen (secondary N) is 1. The van der Waals surface area contributed by atoms with Gasteiger partial charge in [-0.3, -0.25) is 0 Å². The molecule has 2 nitrogen and oxygen atoms in total. The summed E-state index contributed by atoms with van der Waals surface area (Å²) in [4.78, 5) is 7.35. The Balaban J connectivity index is 0.000000396. The van der Waals surface area contributed by atoms with Crippen LogP contribution in [0.5, 0.6) is 0 Å². The molecule has 0 fully saturated rings. The van der Waals surface area contributed by atoms with Crippen LogP contribution in [-0.4, -0.2) is 9.97 Å². The zero-order valence-electron chi connectivity index (χ0n) is 8.06. The van der Waals surface area contributed by atoms with Crippen molar-refractivity contribution in [1.29, 1.82) is 0 Å². The lowest BCUT2D eigenvalue weighted by atomic mass is 10.3. The molecule has 0 saturated heterocycles. The zero-order valence-corrected chi connectivity index (χ0v) is 9.64. The summed E-state index contributed by atoms with van der Waals surface area (Å²) in [5, 5.41) is 1.15. The summed E-state index contributed by atoms with van der Waals surface area (Å²) < 4.78 is 1.02. The van der Waals surface area contributed by atoms with E-state index in [2.05, 4.69) is 32.0 Å². The second-order valence-electron chi connectivity index (χ2n) is 2.54. The largest absolute Gasteiger partial charge is 0.344 e. The summed E-state index contributed by atoms with van der Waals surface area (Å²) >= 11 is 3.37. The molecule has 3 heteroatoms. The summed E-state index contributed by atoms with van der Waals surface area (Å²) in [6.07, 6.45) is 1.79. The number of rotatable bonds is 0. The molecule has 0 bridgehead atoms. The van der Waals surface area contributed by atoms with E-state index in [1.54, 1.807) is 6.20 Å². The van der Waals surface area contributed by atoms with Crippen LogP contribution < -0.4 is 0 Å². The van der Waals surface area contributed by atoms with Crippen molar-refractivity contribution < 1.29 is 0 Å². The molecule has 0 spiro atoms. The van der Waals surface area contributed by atoms with Crippen molar-refractivity contribution in [3.63, 3.8) is 0 Å². The molecule has 0 saturated carbocycles. The Kier molecular flexibility index (Phi) is 3.48. The molecule has 0 aromatic carbocycles. The van der Waals surface area contributed by atoms with Crippen molar-refractivity contribution in [3.8, 4) is 0 Å². The van der Waals surface area contributed by atoms with Crippen molar-refractivity contribution in [2.45, 2.75) is 20.8 Å². The number of pyridine rings is 1. The number of hydrogen-bond acceptors (Lipinski definition) is 1. The minimum atomic E-state index is 0.950. The van der Waals surface area contributed by atoms with Crippen LogP contribution in [0.1, 0.15) is 19.5 Å². The number of fused-ring (bicyclic) bond motifs is 1. The third-order valence-corrected chi connectivity index (χ3v) is 2.01. The third kappa shape index (κ3) is 2.31. The van der Waals surface area contributed by atoms with Gasteiger partial charge in [-0.15, -0.1) is 0 Å². The van der Waals surface area contributed by atoms with Crippen LogP contribution in [0.2, 0.25) is 0 Å². The van der Waals surface area contributed by atoms with E-state index in [1.165, 1.54) is 0 Å². The van der Waals surface area contributed by atoms with Crippen molar-refractivity contribution in [1.82, 2.24) is 9.97 Å². The maximum absolute atomic E-state index is 4.20. The summed E-state index contributed by atoms with van der Waals surface area (Å²) in [7, 11) is 0. The molecule has 2 aromatic rings. The highest BCUT2D eigenvalue weighted by atomic mass is 79.9. The van der Waals surface area contributed by atoms with E-state index in [4.69, 9.17) is 0 Å². The van der Waals surface area contributed by atoms with Crippen LogP contribution in [0.4, 0.5) is 0 Å². The van der Waals surface area contributed by atoms with Crippen molar-refractivity contribution in [2.24, 2.45) is 0 Å². The lowest BCUT2D eigenvalue weighted by molar-refractivity contribution is 1.25. The molecule has 13 heavy (non-hydrogen) atoms. The molecular formula is C10H13BrN2. The molecule has 0 atom stereocenters. The predicted molar refractivity (Wildman–Crippen MR) is 59.9 cm³/mol. The van der Waals surface area contributed by atoms with Crippen molar-refractivity contribution in [2.75, 3.05) is 0 Å². The van der Waals surface area contributed by atoms with Gasteiger partial charge < -0.3 is 4.98 Å². The topological polar surface area (TPSA) is 28.7 Å². The van der Waals surface area contributed by atoms with E-state index >= 15 is 0 Å². The van der Waals surface area contributed by atoms with Crippen LogP contribution in [0.15, 0.2) is 22.8 Å². The van der Waals surface area contributed by atoms with Gasteiger partial charge in [-0.05, 0) is 35.0 Å². The minimum absolute atomic E-state index is 0.950. The Labute approximate surface area is 86.5 Å². The number of hydrogen-bond donors (Lipinski definition) is 1. The number of aryl methyl sites for hydroxylation is 1. The Morgan fingerprint density at radius 2 is 2.00 bits per heavy atom. The van der Waals surface area contributed by atoms with Crippen LogP contribution in [-0.2, 0) is 0 Å². The molecule has 0 amide bonds. The minimum Gasteiger partial charge on any atom is -0.344 e. The van der Waals surface area contributed by atoms with Gasteiger partial charge in [0.25, 0.3) is 0 Å². The van der Waals surface area contributed by atoms with Gasteiger partial charge in [0.15, 0.2) is 0 Å². The SMILES string of the molecule is CC.Cc1cc2cc(Br)cnc2[nH]1. The average molecular weight is 241 g/mol. The first kappa shape index (κ1) is 10.3. The highest BCUT2D eigenvalue weighted by Gasteiger charge is 1.97. The smallest absolute Gasteiger partial charge is 0.137 e. The molecule has 0 aliphatic rings. The quantitative estimate of drug-likeness (QED) is 0.749. The zero-order chi connectivity index (χ0) is 9.84.